The summed E-state index contributed by atoms with van der Waals surface area (Å²) in [5.74, 6) is 0. The molecule has 1 N–H and O–H groups in total. The molecule has 0 aromatic heterocycles. The molecule has 0 radical (unpaired) electrons. The molecule has 3 saturated heterocycles. The monoisotopic (exact) mass is 308 g/mol. The first-order valence-electron chi connectivity index (χ1n) is 7.72. The molecule has 0 saturated carbocycles. The van der Waals surface area contributed by atoms with Crippen molar-refractivity contribution in [2.75, 3.05) is 6.61 Å². The zero-order valence-electron chi connectivity index (χ0n) is 12.3. The van der Waals surface area contributed by atoms with Crippen molar-refractivity contribution in [3.05, 3.63) is 35.9 Å². The van der Waals surface area contributed by atoms with Crippen molar-refractivity contribution in [2.45, 2.75) is 56.6 Å². The number of aliphatic hydroxyl groups excluding tert-OH is 1. The molecule has 1 aromatic carbocycles. The van der Waals surface area contributed by atoms with E-state index in [2.05, 4.69) is 0 Å². The normalized spacial score (nSPS) is 44.4. The van der Waals surface area contributed by atoms with E-state index in [0.717, 1.165) is 5.56 Å². The summed E-state index contributed by atoms with van der Waals surface area (Å²) in [7, 11) is 0. The SMILES string of the molecule is CCC1O[C@H]2O[C@@H]3COC(c4ccccc4)O[C@@H]3[C@H](O)[C@H]2O1. The summed E-state index contributed by atoms with van der Waals surface area (Å²) in [5, 5.41) is 10.6. The molecule has 3 fully saturated rings. The average Bonchev–Trinajstić information content (AvgIpc) is 2.99. The van der Waals surface area contributed by atoms with E-state index in [1.165, 1.54) is 0 Å². The van der Waals surface area contributed by atoms with E-state index in [-0.39, 0.29) is 12.4 Å². The highest BCUT2D eigenvalue weighted by atomic mass is 16.8. The minimum atomic E-state index is -0.796. The second-order valence-corrected chi connectivity index (χ2v) is 5.78. The van der Waals surface area contributed by atoms with Gasteiger partial charge in [-0.1, -0.05) is 37.3 Å². The predicted octanol–water partition coefficient (Wildman–Crippen LogP) is 1.34. The van der Waals surface area contributed by atoms with Crippen LogP contribution in [0.4, 0.5) is 0 Å². The Morgan fingerprint density at radius 3 is 2.64 bits per heavy atom. The molecule has 0 bridgehead atoms. The molecule has 0 amide bonds. The summed E-state index contributed by atoms with van der Waals surface area (Å²) >= 11 is 0. The number of rotatable bonds is 2. The highest BCUT2D eigenvalue weighted by Gasteiger charge is 2.54. The van der Waals surface area contributed by atoms with Gasteiger partial charge < -0.3 is 28.8 Å². The third-order valence-corrected chi connectivity index (χ3v) is 4.31. The van der Waals surface area contributed by atoms with E-state index in [0.29, 0.717) is 13.0 Å². The molecule has 3 heterocycles. The standard InChI is InChI=1S/C16H20O6/c1-2-11-20-14-12(17)13-10(19-16(14)21-11)8-18-15(22-13)9-6-4-3-5-7-9/h3-7,10-17H,2,8H2,1H3/t10-,11?,12+,13+,14-,15?,16-/m1/s1. The summed E-state index contributed by atoms with van der Waals surface area (Å²) in [6.45, 7) is 2.32. The molecule has 120 valence electrons. The maximum Gasteiger partial charge on any atom is 0.190 e. The third-order valence-electron chi connectivity index (χ3n) is 4.31. The first-order chi connectivity index (χ1) is 10.8. The predicted molar refractivity (Wildman–Crippen MR) is 74.7 cm³/mol. The highest BCUT2D eigenvalue weighted by Crippen LogP contribution is 2.38. The lowest BCUT2D eigenvalue weighted by Gasteiger charge is -2.44. The van der Waals surface area contributed by atoms with Crippen LogP contribution >= 0.6 is 0 Å². The molecule has 3 aliphatic heterocycles. The molecular formula is C16H20O6. The fraction of sp³-hybridized carbons (Fsp3) is 0.625. The van der Waals surface area contributed by atoms with E-state index in [1.807, 2.05) is 37.3 Å². The van der Waals surface area contributed by atoms with Gasteiger partial charge >= 0.3 is 0 Å². The molecule has 6 heteroatoms. The van der Waals surface area contributed by atoms with Crippen molar-refractivity contribution < 1.29 is 28.8 Å². The zero-order chi connectivity index (χ0) is 15.1. The second kappa shape index (κ2) is 5.88. The van der Waals surface area contributed by atoms with Crippen molar-refractivity contribution in [3.8, 4) is 0 Å². The number of hydrogen-bond acceptors (Lipinski definition) is 6. The van der Waals surface area contributed by atoms with Crippen LogP contribution in [0, 0.1) is 0 Å². The summed E-state index contributed by atoms with van der Waals surface area (Å²) in [6.07, 6.45) is -2.83. The van der Waals surface area contributed by atoms with Crippen LogP contribution in [0.3, 0.4) is 0 Å². The topological polar surface area (TPSA) is 66.4 Å². The number of ether oxygens (including phenoxy) is 5. The fourth-order valence-electron chi connectivity index (χ4n) is 3.15. The molecule has 22 heavy (non-hydrogen) atoms. The molecule has 2 unspecified atom stereocenters. The number of aliphatic hydroxyl groups is 1. The van der Waals surface area contributed by atoms with Crippen molar-refractivity contribution in [2.24, 2.45) is 0 Å². The van der Waals surface area contributed by atoms with E-state index in [9.17, 15) is 5.11 Å². The molecule has 4 rings (SSSR count). The van der Waals surface area contributed by atoms with Crippen molar-refractivity contribution >= 4 is 0 Å². The van der Waals surface area contributed by atoms with Crippen LogP contribution < -0.4 is 0 Å². The van der Waals surface area contributed by atoms with Gasteiger partial charge in [-0.3, -0.25) is 0 Å². The molecule has 7 atom stereocenters. The minimum Gasteiger partial charge on any atom is -0.387 e. The highest BCUT2D eigenvalue weighted by molar-refractivity contribution is 5.16. The Bertz CT molecular complexity index is 509. The number of benzene rings is 1. The molecule has 3 aliphatic rings. The summed E-state index contributed by atoms with van der Waals surface area (Å²) in [5.41, 5.74) is 0.922. The van der Waals surface area contributed by atoms with E-state index >= 15 is 0 Å². The van der Waals surface area contributed by atoms with Crippen LogP contribution in [0.2, 0.25) is 0 Å². The van der Waals surface area contributed by atoms with Gasteiger partial charge in [0.05, 0.1) is 6.61 Å². The minimum absolute atomic E-state index is 0.337. The van der Waals surface area contributed by atoms with Gasteiger partial charge in [-0.2, -0.15) is 0 Å². The van der Waals surface area contributed by atoms with Gasteiger partial charge in [-0.25, -0.2) is 0 Å². The Balaban J connectivity index is 1.50. The third kappa shape index (κ3) is 2.46. The van der Waals surface area contributed by atoms with E-state index in [1.54, 1.807) is 0 Å². The lowest BCUT2D eigenvalue weighted by atomic mass is 9.98. The fourth-order valence-corrected chi connectivity index (χ4v) is 3.15. The van der Waals surface area contributed by atoms with Crippen LogP contribution in [0.5, 0.6) is 0 Å². The lowest BCUT2D eigenvalue weighted by Crippen LogP contribution is -2.60. The first kappa shape index (κ1) is 14.6. The van der Waals surface area contributed by atoms with Crippen LogP contribution in [0.25, 0.3) is 0 Å². The largest absolute Gasteiger partial charge is 0.387 e. The Labute approximate surface area is 128 Å². The van der Waals surface area contributed by atoms with Crippen LogP contribution in [-0.4, -0.2) is 48.7 Å². The molecule has 0 spiro atoms. The smallest absolute Gasteiger partial charge is 0.190 e. The van der Waals surface area contributed by atoms with E-state index < -0.39 is 30.9 Å². The van der Waals surface area contributed by atoms with Crippen LogP contribution in [0.1, 0.15) is 25.2 Å². The summed E-state index contributed by atoms with van der Waals surface area (Å²) < 4.78 is 28.8. The molecule has 1 aromatic rings. The zero-order valence-corrected chi connectivity index (χ0v) is 12.3. The second-order valence-electron chi connectivity index (χ2n) is 5.78. The summed E-state index contributed by atoms with van der Waals surface area (Å²) in [6, 6.07) is 9.67. The maximum absolute atomic E-state index is 10.6. The van der Waals surface area contributed by atoms with Crippen LogP contribution in [-0.2, 0) is 23.7 Å². The van der Waals surface area contributed by atoms with Crippen LogP contribution in [0.15, 0.2) is 30.3 Å². The van der Waals surface area contributed by atoms with Gasteiger partial charge in [0.25, 0.3) is 0 Å². The van der Waals surface area contributed by atoms with Crippen molar-refractivity contribution in [1.29, 1.82) is 0 Å². The number of hydrogen-bond donors (Lipinski definition) is 1. The maximum atomic E-state index is 10.6. The molecular weight excluding hydrogens is 288 g/mol. The van der Waals surface area contributed by atoms with Gasteiger partial charge in [0.1, 0.15) is 24.4 Å². The van der Waals surface area contributed by atoms with Gasteiger partial charge in [-0.15, -0.1) is 0 Å². The molecule has 6 nitrogen and oxygen atoms in total. The van der Waals surface area contributed by atoms with Gasteiger partial charge in [0.2, 0.25) is 0 Å². The lowest BCUT2D eigenvalue weighted by molar-refractivity contribution is -0.338. The van der Waals surface area contributed by atoms with Gasteiger partial charge in [-0.05, 0) is 6.42 Å². The van der Waals surface area contributed by atoms with Crippen molar-refractivity contribution in [1.82, 2.24) is 0 Å². The quantitative estimate of drug-likeness (QED) is 0.889. The molecule has 0 aliphatic carbocycles. The van der Waals surface area contributed by atoms with Crippen molar-refractivity contribution in [3.63, 3.8) is 0 Å². The Morgan fingerprint density at radius 2 is 1.86 bits per heavy atom. The Morgan fingerprint density at radius 1 is 1.05 bits per heavy atom. The Hall–Kier alpha value is -1.02. The Kier molecular flexibility index (Phi) is 3.89. The summed E-state index contributed by atoms with van der Waals surface area (Å²) in [4.78, 5) is 0. The number of fused-ring (bicyclic) bond motifs is 2. The van der Waals surface area contributed by atoms with Gasteiger partial charge in [0, 0.05) is 5.56 Å². The average molecular weight is 308 g/mol. The van der Waals surface area contributed by atoms with E-state index in [4.69, 9.17) is 23.7 Å². The van der Waals surface area contributed by atoms with Gasteiger partial charge in [0.15, 0.2) is 18.9 Å². The first-order valence-corrected chi connectivity index (χ1v) is 7.72.